The van der Waals surface area contributed by atoms with Crippen molar-refractivity contribution in [3.05, 3.63) is 42.0 Å². The number of aromatic nitrogens is 4. The molecule has 1 amide bonds. The molecular weight excluding hydrogens is 437 g/mol. The van der Waals surface area contributed by atoms with Gasteiger partial charge in [-0.05, 0) is 29.0 Å². The van der Waals surface area contributed by atoms with Crippen molar-refractivity contribution in [3.63, 3.8) is 0 Å². The van der Waals surface area contributed by atoms with Crippen molar-refractivity contribution in [2.75, 3.05) is 30.4 Å². The Morgan fingerprint density at radius 3 is 2.65 bits per heavy atom. The molecule has 0 spiro atoms. The second-order valence-electron chi connectivity index (χ2n) is 9.61. The van der Waals surface area contributed by atoms with Crippen LogP contribution in [0.15, 0.2) is 30.7 Å². The van der Waals surface area contributed by atoms with Gasteiger partial charge in [0, 0.05) is 43.0 Å². The number of halogens is 1. The van der Waals surface area contributed by atoms with Crippen molar-refractivity contribution in [2.24, 2.45) is 5.41 Å². The van der Waals surface area contributed by atoms with Crippen molar-refractivity contribution in [1.82, 2.24) is 25.3 Å². The molecule has 0 bridgehead atoms. The molecule has 10 heteroatoms. The lowest BCUT2D eigenvalue weighted by atomic mass is 9.80. The Morgan fingerprint density at radius 1 is 1.21 bits per heavy atom. The van der Waals surface area contributed by atoms with Crippen LogP contribution in [-0.2, 0) is 0 Å². The van der Waals surface area contributed by atoms with Gasteiger partial charge in [0.15, 0.2) is 0 Å². The number of hydrogen-bond acceptors (Lipinski definition) is 8. The van der Waals surface area contributed by atoms with E-state index in [4.69, 9.17) is 0 Å². The van der Waals surface area contributed by atoms with Gasteiger partial charge in [0.05, 0.1) is 12.6 Å². The molecule has 0 aromatic carbocycles. The molecule has 2 atom stereocenters. The second-order valence-corrected chi connectivity index (χ2v) is 9.61. The average molecular weight is 468 g/mol. The van der Waals surface area contributed by atoms with Crippen LogP contribution in [0.1, 0.15) is 49.7 Å². The molecule has 4 rings (SSSR count). The minimum atomic E-state index is -1.39. The van der Waals surface area contributed by atoms with Gasteiger partial charge < -0.3 is 20.6 Å². The third-order valence-corrected chi connectivity index (χ3v) is 6.19. The van der Waals surface area contributed by atoms with Gasteiger partial charge in [-0.25, -0.2) is 14.4 Å². The van der Waals surface area contributed by atoms with E-state index >= 15 is 0 Å². The second kappa shape index (κ2) is 9.09. The summed E-state index contributed by atoms with van der Waals surface area (Å²) in [5, 5.41) is 17.5. The van der Waals surface area contributed by atoms with E-state index in [9.17, 15) is 14.3 Å². The van der Waals surface area contributed by atoms with Crippen LogP contribution < -0.4 is 15.5 Å². The molecule has 1 aliphatic rings. The normalized spacial score (nSPS) is 19.9. The third kappa shape index (κ3) is 4.50. The summed E-state index contributed by atoms with van der Waals surface area (Å²) < 4.78 is 14.4. The van der Waals surface area contributed by atoms with Crippen molar-refractivity contribution < 1.29 is 14.3 Å². The summed E-state index contributed by atoms with van der Waals surface area (Å²) >= 11 is 0. The number of aliphatic hydroxyl groups is 1. The molecular formula is C24H30FN7O2. The fraction of sp³-hybridized carbons (Fsp3) is 0.458. The highest BCUT2D eigenvalue weighted by Crippen LogP contribution is 2.33. The number of piperidine rings is 1. The van der Waals surface area contributed by atoms with E-state index in [-0.39, 0.29) is 18.4 Å². The van der Waals surface area contributed by atoms with E-state index in [2.05, 4.69) is 44.4 Å². The van der Waals surface area contributed by atoms with Crippen LogP contribution in [0.25, 0.3) is 10.8 Å². The fourth-order valence-corrected chi connectivity index (χ4v) is 4.29. The smallest absolute Gasteiger partial charge is 0.270 e. The average Bonchev–Trinajstić information content (AvgIpc) is 2.80. The van der Waals surface area contributed by atoms with Crippen LogP contribution in [0.5, 0.6) is 0 Å². The largest absolute Gasteiger partial charge is 0.389 e. The van der Waals surface area contributed by atoms with Gasteiger partial charge in [-0.3, -0.25) is 9.78 Å². The first-order valence-electron chi connectivity index (χ1n) is 11.3. The van der Waals surface area contributed by atoms with Gasteiger partial charge in [-0.15, -0.1) is 0 Å². The van der Waals surface area contributed by atoms with Gasteiger partial charge >= 0.3 is 0 Å². The summed E-state index contributed by atoms with van der Waals surface area (Å²) in [7, 11) is 1.57. The van der Waals surface area contributed by atoms with Gasteiger partial charge in [-0.2, -0.15) is 4.98 Å². The van der Waals surface area contributed by atoms with Gasteiger partial charge in [-0.1, -0.05) is 27.7 Å². The fourth-order valence-electron chi connectivity index (χ4n) is 4.29. The van der Waals surface area contributed by atoms with Crippen LogP contribution in [0.3, 0.4) is 0 Å². The Hall–Kier alpha value is -3.40. The van der Waals surface area contributed by atoms with Crippen molar-refractivity contribution in [1.29, 1.82) is 0 Å². The van der Waals surface area contributed by atoms with Crippen LogP contribution >= 0.6 is 0 Å². The molecule has 4 heterocycles. The molecule has 3 N–H and O–H groups in total. The highest BCUT2D eigenvalue weighted by Gasteiger charge is 2.42. The summed E-state index contributed by atoms with van der Waals surface area (Å²) in [6, 6.07) is 3.58. The highest BCUT2D eigenvalue weighted by atomic mass is 19.1. The Kier molecular flexibility index (Phi) is 6.35. The summed E-state index contributed by atoms with van der Waals surface area (Å²) in [4.78, 5) is 31.7. The zero-order chi connectivity index (χ0) is 24.6. The summed E-state index contributed by atoms with van der Waals surface area (Å²) in [6.07, 6.45) is 2.54. The van der Waals surface area contributed by atoms with E-state index in [1.165, 1.54) is 0 Å². The number of nitrogens with one attached hydrogen (secondary N) is 2. The maximum absolute atomic E-state index is 14.4. The molecule has 0 radical (unpaired) electrons. The van der Waals surface area contributed by atoms with Gasteiger partial charge in [0.2, 0.25) is 5.95 Å². The Balaban J connectivity index is 1.66. The zero-order valence-electron chi connectivity index (χ0n) is 20.0. The number of aliphatic hydroxyl groups excluding tert-OH is 1. The number of pyridine rings is 2. The van der Waals surface area contributed by atoms with Gasteiger partial charge in [0.25, 0.3) is 5.91 Å². The zero-order valence-corrected chi connectivity index (χ0v) is 20.0. The number of nitrogens with zero attached hydrogens (tertiary/aromatic N) is 5. The van der Waals surface area contributed by atoms with Gasteiger partial charge in [0.1, 0.15) is 23.5 Å². The topological polar surface area (TPSA) is 116 Å². The molecule has 34 heavy (non-hydrogen) atoms. The molecule has 3 aromatic heterocycles. The first kappa shape index (κ1) is 23.7. The summed E-state index contributed by atoms with van der Waals surface area (Å²) in [5.74, 6) is 1.35. The minimum Gasteiger partial charge on any atom is -0.389 e. The van der Waals surface area contributed by atoms with E-state index in [0.29, 0.717) is 35.2 Å². The Morgan fingerprint density at radius 2 is 1.97 bits per heavy atom. The number of hydrogen-bond donors (Lipinski definition) is 3. The number of carbonyl (C=O) groups is 1. The number of anilines is 3. The molecule has 1 aliphatic heterocycles. The standard InChI is InChI=1S/C24H30FN7O2/c1-13(2)15-9-29-20(22(34)26-5)16-10-28-19(8-14(15)16)30-18-6-7-27-23(31-18)32-11-17(25)21(33)24(3,4)12-32/h6-10,13,17,21,33H,11-12H2,1-5H3,(H,26,34)(H,27,28,30,31)/t17-,21-/m0/s1. The number of carbonyl (C=O) groups excluding carboxylic acids is 1. The van der Waals surface area contributed by atoms with Crippen molar-refractivity contribution in [2.45, 2.75) is 45.9 Å². The van der Waals surface area contributed by atoms with E-state index in [1.807, 2.05) is 19.9 Å². The monoisotopic (exact) mass is 467 g/mol. The first-order valence-corrected chi connectivity index (χ1v) is 11.3. The predicted octanol–water partition coefficient (Wildman–Crippen LogP) is 3.19. The lowest BCUT2D eigenvalue weighted by Gasteiger charge is -2.43. The van der Waals surface area contributed by atoms with Crippen LogP contribution in [0.4, 0.5) is 22.0 Å². The highest BCUT2D eigenvalue weighted by molar-refractivity contribution is 6.06. The summed E-state index contributed by atoms with van der Waals surface area (Å²) in [6.45, 7) is 8.23. The molecule has 0 saturated carbocycles. The minimum absolute atomic E-state index is 0.0231. The lowest BCUT2D eigenvalue weighted by molar-refractivity contribution is -0.0257. The van der Waals surface area contributed by atoms with E-state index < -0.39 is 17.7 Å². The maximum Gasteiger partial charge on any atom is 0.270 e. The van der Waals surface area contributed by atoms with E-state index in [0.717, 1.165) is 10.9 Å². The van der Waals surface area contributed by atoms with E-state index in [1.54, 1.807) is 36.6 Å². The molecule has 0 aliphatic carbocycles. The lowest BCUT2D eigenvalue weighted by Crippen LogP contribution is -2.55. The van der Waals surface area contributed by atoms with Crippen molar-refractivity contribution in [3.8, 4) is 0 Å². The number of amides is 1. The summed E-state index contributed by atoms with van der Waals surface area (Å²) in [5.41, 5.74) is 0.689. The molecule has 3 aromatic rings. The quantitative estimate of drug-likeness (QED) is 0.524. The van der Waals surface area contributed by atoms with Crippen molar-refractivity contribution >= 4 is 34.3 Å². The third-order valence-electron chi connectivity index (χ3n) is 6.19. The molecule has 0 unspecified atom stereocenters. The molecule has 1 fully saturated rings. The first-order chi connectivity index (χ1) is 16.1. The van der Waals surface area contributed by atoms with Crippen LogP contribution in [0, 0.1) is 5.41 Å². The number of fused-ring (bicyclic) bond motifs is 1. The molecule has 9 nitrogen and oxygen atoms in total. The van der Waals surface area contributed by atoms with Crippen LogP contribution in [-0.4, -0.2) is 63.4 Å². The maximum atomic E-state index is 14.4. The number of alkyl halides is 1. The molecule has 180 valence electrons. The SMILES string of the molecule is CNC(=O)c1ncc(C(C)C)c2cc(Nc3ccnc(N4C[C@H](F)[C@H](O)C(C)(C)C4)n3)ncc12. The molecule has 1 saturated heterocycles. The number of rotatable bonds is 5. The Labute approximate surface area is 197 Å². The Bertz CT molecular complexity index is 1220. The predicted molar refractivity (Wildman–Crippen MR) is 129 cm³/mol. The van der Waals surface area contributed by atoms with Crippen LogP contribution in [0.2, 0.25) is 0 Å².